The average Bonchev–Trinajstić information content (AvgIpc) is 2.05. The first-order valence-electron chi connectivity index (χ1n) is 4.40. The van der Waals surface area contributed by atoms with Crippen molar-refractivity contribution < 1.29 is 4.74 Å². The fraction of sp³-hybridized carbons (Fsp3) is 0.875. The van der Waals surface area contributed by atoms with E-state index in [-0.39, 0.29) is 0 Å². The van der Waals surface area contributed by atoms with E-state index in [9.17, 15) is 0 Å². The lowest BCUT2D eigenvalue weighted by molar-refractivity contribution is 0.0325. The van der Waals surface area contributed by atoms with Gasteiger partial charge in [-0.2, -0.15) is 0 Å². The van der Waals surface area contributed by atoms with Crippen LogP contribution in [0.15, 0.2) is 4.99 Å². The van der Waals surface area contributed by atoms with E-state index in [1.807, 2.05) is 6.92 Å². The maximum atomic E-state index is 5.77. The smallest absolute Gasteiger partial charge is 0.191 e. The first-order valence-corrected chi connectivity index (χ1v) is 4.40. The summed E-state index contributed by atoms with van der Waals surface area (Å²) < 4.78 is 5.29. The van der Waals surface area contributed by atoms with Gasteiger partial charge in [-0.25, -0.2) is 0 Å². The molecule has 1 aliphatic heterocycles. The molecule has 1 atom stereocenters. The summed E-state index contributed by atoms with van der Waals surface area (Å²) in [6.45, 7) is 7.19. The Bertz CT molecular complexity index is 170. The van der Waals surface area contributed by atoms with Crippen molar-refractivity contribution in [3.8, 4) is 0 Å². The van der Waals surface area contributed by atoms with Crippen molar-refractivity contribution in [2.45, 2.75) is 19.9 Å². The fourth-order valence-electron chi connectivity index (χ4n) is 1.32. The minimum absolute atomic E-state index is 0.356. The van der Waals surface area contributed by atoms with Gasteiger partial charge < -0.3 is 15.4 Å². The van der Waals surface area contributed by atoms with Crippen molar-refractivity contribution in [1.82, 2.24) is 4.90 Å². The van der Waals surface area contributed by atoms with Crippen LogP contribution in [-0.2, 0) is 4.74 Å². The quantitative estimate of drug-likeness (QED) is 0.448. The molecule has 0 aromatic heterocycles. The normalized spacial score (nSPS) is 26.0. The molecule has 0 amide bonds. The number of hydrogen-bond donors (Lipinski definition) is 1. The van der Waals surface area contributed by atoms with Gasteiger partial charge in [0.1, 0.15) is 0 Å². The van der Waals surface area contributed by atoms with Crippen LogP contribution in [0, 0.1) is 0 Å². The van der Waals surface area contributed by atoms with Gasteiger partial charge in [-0.1, -0.05) is 0 Å². The summed E-state index contributed by atoms with van der Waals surface area (Å²) in [6, 6.07) is 0.356. The number of nitrogens with zero attached hydrogens (tertiary/aromatic N) is 2. The van der Waals surface area contributed by atoms with Crippen LogP contribution in [0.1, 0.15) is 13.8 Å². The van der Waals surface area contributed by atoms with Gasteiger partial charge in [0.25, 0.3) is 0 Å². The van der Waals surface area contributed by atoms with Crippen molar-refractivity contribution >= 4 is 5.96 Å². The number of aliphatic imine (C=N–C) groups is 1. The van der Waals surface area contributed by atoms with E-state index in [4.69, 9.17) is 10.5 Å². The first-order chi connectivity index (χ1) is 5.75. The monoisotopic (exact) mass is 171 g/mol. The molecule has 1 unspecified atom stereocenters. The molecule has 0 aromatic rings. The van der Waals surface area contributed by atoms with Crippen LogP contribution in [0.5, 0.6) is 0 Å². The van der Waals surface area contributed by atoms with Crippen LogP contribution in [0.4, 0.5) is 0 Å². The van der Waals surface area contributed by atoms with E-state index in [0.29, 0.717) is 12.0 Å². The summed E-state index contributed by atoms with van der Waals surface area (Å²) in [6.07, 6.45) is 0. The third kappa shape index (κ3) is 2.11. The highest BCUT2D eigenvalue weighted by molar-refractivity contribution is 5.78. The lowest BCUT2D eigenvalue weighted by atomic mass is 10.3. The Morgan fingerprint density at radius 1 is 1.75 bits per heavy atom. The molecule has 0 aromatic carbocycles. The van der Waals surface area contributed by atoms with Crippen LogP contribution in [-0.4, -0.2) is 43.2 Å². The summed E-state index contributed by atoms with van der Waals surface area (Å²) in [4.78, 5) is 6.25. The van der Waals surface area contributed by atoms with E-state index >= 15 is 0 Å². The number of nitrogens with two attached hydrogens (primary N) is 1. The van der Waals surface area contributed by atoms with Crippen molar-refractivity contribution in [1.29, 1.82) is 0 Å². The third-order valence-corrected chi connectivity index (χ3v) is 1.98. The number of ether oxygens (including phenoxy) is 1. The van der Waals surface area contributed by atoms with Gasteiger partial charge >= 0.3 is 0 Å². The minimum atomic E-state index is 0.356. The number of morpholine rings is 1. The zero-order chi connectivity index (χ0) is 8.97. The highest BCUT2D eigenvalue weighted by Gasteiger charge is 2.19. The molecule has 1 aliphatic rings. The van der Waals surface area contributed by atoms with E-state index in [1.54, 1.807) is 0 Å². The Morgan fingerprint density at radius 3 is 3.08 bits per heavy atom. The van der Waals surface area contributed by atoms with Crippen LogP contribution >= 0.6 is 0 Å². The second-order valence-electron chi connectivity index (χ2n) is 2.95. The average molecular weight is 171 g/mol. The molecular formula is C8H17N3O. The Hall–Kier alpha value is -0.770. The van der Waals surface area contributed by atoms with Crippen molar-refractivity contribution in [3.05, 3.63) is 0 Å². The maximum Gasteiger partial charge on any atom is 0.191 e. The van der Waals surface area contributed by atoms with Crippen LogP contribution in [0.25, 0.3) is 0 Å². The lowest BCUT2D eigenvalue weighted by Gasteiger charge is -2.33. The minimum Gasteiger partial charge on any atom is -0.377 e. The van der Waals surface area contributed by atoms with Gasteiger partial charge in [-0.15, -0.1) is 0 Å². The predicted octanol–water partition coefficient (Wildman–Crippen LogP) is 0.0417. The molecule has 1 fully saturated rings. The molecule has 4 nitrogen and oxygen atoms in total. The van der Waals surface area contributed by atoms with Crippen LogP contribution in [0.2, 0.25) is 0 Å². The van der Waals surface area contributed by atoms with Gasteiger partial charge in [0, 0.05) is 13.1 Å². The molecule has 0 aliphatic carbocycles. The maximum absolute atomic E-state index is 5.77. The van der Waals surface area contributed by atoms with Crippen molar-refractivity contribution in [2.75, 3.05) is 26.3 Å². The molecule has 1 saturated heterocycles. The molecule has 12 heavy (non-hydrogen) atoms. The van der Waals surface area contributed by atoms with E-state index in [2.05, 4.69) is 16.8 Å². The largest absolute Gasteiger partial charge is 0.377 e. The highest BCUT2D eigenvalue weighted by Crippen LogP contribution is 2.04. The fourth-order valence-corrected chi connectivity index (χ4v) is 1.32. The molecule has 2 N–H and O–H groups in total. The number of rotatable bonds is 1. The van der Waals surface area contributed by atoms with Crippen LogP contribution < -0.4 is 5.73 Å². The Labute approximate surface area is 73.4 Å². The van der Waals surface area contributed by atoms with E-state index in [1.165, 1.54) is 0 Å². The van der Waals surface area contributed by atoms with Crippen molar-refractivity contribution in [2.24, 2.45) is 10.7 Å². The molecule has 0 bridgehead atoms. The summed E-state index contributed by atoms with van der Waals surface area (Å²) in [5.41, 5.74) is 5.77. The first kappa shape index (κ1) is 9.32. The van der Waals surface area contributed by atoms with Gasteiger partial charge in [-0.05, 0) is 13.8 Å². The van der Waals surface area contributed by atoms with Gasteiger partial charge in [0.15, 0.2) is 5.96 Å². The third-order valence-electron chi connectivity index (χ3n) is 1.98. The number of guanidine groups is 1. The zero-order valence-electron chi connectivity index (χ0n) is 7.79. The lowest BCUT2D eigenvalue weighted by Crippen LogP contribution is -2.50. The summed E-state index contributed by atoms with van der Waals surface area (Å²) >= 11 is 0. The molecule has 0 saturated carbocycles. The summed E-state index contributed by atoms with van der Waals surface area (Å²) in [5.74, 6) is 0.647. The Kier molecular flexibility index (Phi) is 3.34. The zero-order valence-corrected chi connectivity index (χ0v) is 7.79. The summed E-state index contributed by atoms with van der Waals surface area (Å²) in [5, 5.41) is 0. The van der Waals surface area contributed by atoms with Gasteiger partial charge in [0.2, 0.25) is 0 Å². The molecule has 1 rings (SSSR count). The standard InChI is InChI=1S/C8H17N3O/c1-3-10-8(9)11-4-5-12-6-7(11)2/h7H,3-6H2,1-2H3,(H2,9,10). The Balaban J connectivity index is 2.53. The Morgan fingerprint density at radius 2 is 2.50 bits per heavy atom. The van der Waals surface area contributed by atoms with E-state index in [0.717, 1.165) is 26.3 Å². The molecular weight excluding hydrogens is 154 g/mol. The molecule has 4 heteroatoms. The SMILES string of the molecule is CCN=C(N)N1CCOCC1C. The van der Waals surface area contributed by atoms with Crippen molar-refractivity contribution in [3.63, 3.8) is 0 Å². The second-order valence-corrected chi connectivity index (χ2v) is 2.95. The topological polar surface area (TPSA) is 50.8 Å². The van der Waals surface area contributed by atoms with Gasteiger partial charge in [-0.3, -0.25) is 4.99 Å². The highest BCUT2D eigenvalue weighted by atomic mass is 16.5. The van der Waals surface area contributed by atoms with Gasteiger partial charge in [0.05, 0.1) is 19.3 Å². The summed E-state index contributed by atoms with van der Waals surface area (Å²) in [7, 11) is 0. The molecule has 70 valence electrons. The predicted molar refractivity (Wildman–Crippen MR) is 49.2 cm³/mol. The van der Waals surface area contributed by atoms with E-state index < -0.39 is 0 Å². The molecule has 1 heterocycles. The molecule has 0 spiro atoms. The second kappa shape index (κ2) is 4.30. The molecule has 0 radical (unpaired) electrons. The van der Waals surface area contributed by atoms with Crippen LogP contribution in [0.3, 0.4) is 0 Å². The number of hydrogen-bond acceptors (Lipinski definition) is 2.